The smallest absolute Gasteiger partial charge is 0.336 e. The number of aliphatic carboxylic acids is 1. The zero-order valence-electron chi connectivity index (χ0n) is 9.81. The van der Waals surface area contributed by atoms with Crippen LogP contribution in [0.5, 0.6) is 0 Å². The predicted molar refractivity (Wildman–Crippen MR) is 78.4 cm³/mol. The first kappa shape index (κ1) is 13.7. The van der Waals surface area contributed by atoms with Crippen molar-refractivity contribution in [2.45, 2.75) is 0 Å². The maximum atomic E-state index is 11.4. The number of hydrogen-bond acceptors (Lipinski definition) is 1. The van der Waals surface area contributed by atoms with E-state index >= 15 is 0 Å². The highest BCUT2D eigenvalue weighted by Gasteiger charge is 2.11. The molecule has 2 aromatic carbocycles. The summed E-state index contributed by atoms with van der Waals surface area (Å²) in [5.74, 6) is -1.01. The Morgan fingerprint density at radius 1 is 1.00 bits per heavy atom. The van der Waals surface area contributed by atoms with E-state index in [4.69, 9.17) is 23.2 Å². The molecule has 0 amide bonds. The third kappa shape index (κ3) is 3.16. The molecule has 19 heavy (non-hydrogen) atoms. The molecule has 0 aliphatic rings. The summed E-state index contributed by atoms with van der Waals surface area (Å²) in [6.45, 7) is 0. The van der Waals surface area contributed by atoms with Crippen LogP contribution in [-0.2, 0) is 4.79 Å². The highest BCUT2D eigenvalue weighted by molar-refractivity contribution is 6.43. The van der Waals surface area contributed by atoms with Crippen molar-refractivity contribution < 1.29 is 9.90 Å². The molecule has 2 rings (SSSR count). The third-order valence-electron chi connectivity index (χ3n) is 2.60. The molecule has 0 unspecified atom stereocenters. The summed E-state index contributed by atoms with van der Waals surface area (Å²) in [7, 11) is 0. The van der Waals surface area contributed by atoms with Gasteiger partial charge in [-0.3, -0.25) is 0 Å². The van der Waals surface area contributed by atoms with Crippen LogP contribution >= 0.6 is 23.2 Å². The fourth-order valence-corrected chi connectivity index (χ4v) is 2.04. The molecule has 0 aliphatic carbocycles. The standard InChI is InChI=1S/C15H10Cl2O2/c16-13-8-4-7-11(14(13)17)9-12(15(18)19)10-5-2-1-3-6-10/h1-9H,(H,18,19)/b12-9-. The van der Waals surface area contributed by atoms with E-state index in [1.165, 1.54) is 6.08 Å². The number of carbonyl (C=O) groups is 1. The highest BCUT2D eigenvalue weighted by Crippen LogP contribution is 2.29. The summed E-state index contributed by atoms with van der Waals surface area (Å²) >= 11 is 12.0. The Hall–Kier alpha value is -1.77. The first-order chi connectivity index (χ1) is 9.09. The summed E-state index contributed by atoms with van der Waals surface area (Å²) in [5, 5.41) is 10.0. The summed E-state index contributed by atoms with van der Waals surface area (Å²) in [6.07, 6.45) is 1.52. The van der Waals surface area contributed by atoms with E-state index in [0.717, 1.165) is 0 Å². The van der Waals surface area contributed by atoms with Crippen molar-refractivity contribution in [1.82, 2.24) is 0 Å². The molecule has 0 aliphatic heterocycles. The minimum atomic E-state index is -1.01. The Balaban J connectivity index is 2.54. The van der Waals surface area contributed by atoms with Gasteiger partial charge in [-0.2, -0.15) is 0 Å². The summed E-state index contributed by atoms with van der Waals surface area (Å²) in [6, 6.07) is 14.0. The second-order valence-corrected chi connectivity index (χ2v) is 4.66. The van der Waals surface area contributed by atoms with Gasteiger partial charge < -0.3 is 5.11 Å². The number of carboxylic acid groups (broad SMARTS) is 1. The first-order valence-electron chi connectivity index (χ1n) is 5.54. The van der Waals surface area contributed by atoms with Crippen LogP contribution in [0.3, 0.4) is 0 Å². The van der Waals surface area contributed by atoms with E-state index < -0.39 is 5.97 Å². The Morgan fingerprint density at radius 2 is 1.68 bits per heavy atom. The lowest BCUT2D eigenvalue weighted by Gasteiger charge is -2.05. The van der Waals surface area contributed by atoms with Crippen LogP contribution in [0.1, 0.15) is 11.1 Å². The molecule has 96 valence electrons. The first-order valence-corrected chi connectivity index (χ1v) is 6.29. The normalized spacial score (nSPS) is 11.4. The van der Waals surface area contributed by atoms with Gasteiger partial charge in [0.05, 0.1) is 15.6 Å². The topological polar surface area (TPSA) is 37.3 Å². The van der Waals surface area contributed by atoms with Crippen LogP contribution in [0.25, 0.3) is 11.6 Å². The largest absolute Gasteiger partial charge is 0.478 e. The minimum Gasteiger partial charge on any atom is -0.478 e. The van der Waals surface area contributed by atoms with Gasteiger partial charge in [-0.05, 0) is 23.3 Å². The van der Waals surface area contributed by atoms with Gasteiger partial charge in [-0.1, -0.05) is 65.7 Å². The molecule has 0 aromatic heterocycles. The SMILES string of the molecule is O=C(O)/C(=C\c1cccc(Cl)c1Cl)c1ccccc1. The van der Waals surface area contributed by atoms with E-state index in [1.807, 2.05) is 6.07 Å². The van der Waals surface area contributed by atoms with Gasteiger partial charge in [-0.25, -0.2) is 4.79 Å². The molecule has 0 saturated heterocycles. The van der Waals surface area contributed by atoms with Gasteiger partial charge in [0.15, 0.2) is 0 Å². The zero-order valence-corrected chi connectivity index (χ0v) is 11.3. The molecule has 0 bridgehead atoms. The maximum Gasteiger partial charge on any atom is 0.336 e. The van der Waals surface area contributed by atoms with Gasteiger partial charge in [0, 0.05) is 0 Å². The highest BCUT2D eigenvalue weighted by atomic mass is 35.5. The Labute approximate surface area is 120 Å². The number of benzene rings is 2. The van der Waals surface area contributed by atoms with Crippen molar-refractivity contribution >= 4 is 40.8 Å². The van der Waals surface area contributed by atoms with Crippen molar-refractivity contribution in [3.8, 4) is 0 Å². The van der Waals surface area contributed by atoms with Gasteiger partial charge in [-0.15, -0.1) is 0 Å². The molecule has 2 nitrogen and oxygen atoms in total. The average molecular weight is 293 g/mol. The van der Waals surface area contributed by atoms with E-state index in [2.05, 4.69) is 0 Å². The number of hydrogen-bond donors (Lipinski definition) is 1. The van der Waals surface area contributed by atoms with Gasteiger partial charge in [0.25, 0.3) is 0 Å². The fourth-order valence-electron chi connectivity index (χ4n) is 1.67. The number of carboxylic acids is 1. The summed E-state index contributed by atoms with van der Waals surface area (Å²) in [4.78, 5) is 11.4. The molecule has 0 radical (unpaired) electrons. The summed E-state index contributed by atoms with van der Waals surface area (Å²) in [5.41, 5.74) is 1.37. The van der Waals surface area contributed by atoms with Crippen LogP contribution < -0.4 is 0 Å². The van der Waals surface area contributed by atoms with Crippen molar-refractivity contribution in [1.29, 1.82) is 0 Å². The average Bonchev–Trinajstić information content (AvgIpc) is 2.41. The Bertz CT molecular complexity index is 634. The van der Waals surface area contributed by atoms with E-state index in [0.29, 0.717) is 21.2 Å². The molecule has 0 saturated carbocycles. The second-order valence-electron chi connectivity index (χ2n) is 3.87. The van der Waals surface area contributed by atoms with Crippen molar-refractivity contribution in [2.24, 2.45) is 0 Å². The van der Waals surface area contributed by atoms with Crippen LogP contribution in [-0.4, -0.2) is 11.1 Å². The Morgan fingerprint density at radius 3 is 2.32 bits per heavy atom. The zero-order chi connectivity index (χ0) is 13.8. The van der Waals surface area contributed by atoms with Crippen molar-refractivity contribution in [2.75, 3.05) is 0 Å². The monoisotopic (exact) mass is 292 g/mol. The molecular weight excluding hydrogens is 283 g/mol. The van der Waals surface area contributed by atoms with E-state index in [1.54, 1.807) is 42.5 Å². The van der Waals surface area contributed by atoms with Crippen molar-refractivity contribution in [3.63, 3.8) is 0 Å². The third-order valence-corrected chi connectivity index (χ3v) is 3.43. The lowest BCUT2D eigenvalue weighted by molar-refractivity contribution is -0.130. The van der Waals surface area contributed by atoms with Crippen LogP contribution in [0.4, 0.5) is 0 Å². The van der Waals surface area contributed by atoms with Crippen LogP contribution in [0, 0.1) is 0 Å². The molecular formula is C15H10Cl2O2. The quantitative estimate of drug-likeness (QED) is 0.662. The fraction of sp³-hybridized carbons (Fsp3) is 0. The minimum absolute atomic E-state index is 0.171. The van der Waals surface area contributed by atoms with Gasteiger partial charge >= 0.3 is 5.97 Å². The predicted octanol–water partition coefficient (Wildman–Crippen LogP) is 4.62. The van der Waals surface area contributed by atoms with Gasteiger partial charge in [0.2, 0.25) is 0 Å². The van der Waals surface area contributed by atoms with E-state index in [9.17, 15) is 9.90 Å². The molecule has 0 fully saturated rings. The molecule has 0 heterocycles. The number of rotatable bonds is 3. The lowest BCUT2D eigenvalue weighted by Crippen LogP contribution is -1.99. The van der Waals surface area contributed by atoms with Crippen LogP contribution in [0.2, 0.25) is 10.0 Å². The molecule has 0 atom stereocenters. The number of halogens is 2. The molecule has 0 spiro atoms. The maximum absolute atomic E-state index is 11.4. The Kier molecular flexibility index (Phi) is 4.25. The van der Waals surface area contributed by atoms with Gasteiger partial charge in [0.1, 0.15) is 0 Å². The van der Waals surface area contributed by atoms with E-state index in [-0.39, 0.29) is 5.57 Å². The van der Waals surface area contributed by atoms with Crippen molar-refractivity contribution in [3.05, 3.63) is 69.7 Å². The van der Waals surface area contributed by atoms with Crippen LogP contribution in [0.15, 0.2) is 48.5 Å². The molecule has 1 N–H and O–H groups in total. The lowest BCUT2D eigenvalue weighted by atomic mass is 10.0. The summed E-state index contributed by atoms with van der Waals surface area (Å²) < 4.78 is 0. The molecule has 4 heteroatoms. The molecule has 2 aromatic rings. The second kappa shape index (κ2) is 5.91.